The van der Waals surface area contributed by atoms with Gasteiger partial charge in [-0.25, -0.2) is 9.97 Å². The number of nitrogens with zero attached hydrogens (tertiary/aromatic N) is 4. The summed E-state index contributed by atoms with van der Waals surface area (Å²) in [6.07, 6.45) is 2.19. The van der Waals surface area contributed by atoms with Gasteiger partial charge in [0.25, 0.3) is 0 Å². The molecule has 0 radical (unpaired) electrons. The summed E-state index contributed by atoms with van der Waals surface area (Å²) in [4.78, 5) is 21.7. The number of hydrogen-bond acceptors (Lipinski definition) is 6. The molecule has 8 heteroatoms. The Bertz CT molecular complexity index is 994. The summed E-state index contributed by atoms with van der Waals surface area (Å²) in [5.41, 5.74) is 3.05. The Hall–Kier alpha value is -3.00. The molecule has 0 bridgehead atoms. The van der Waals surface area contributed by atoms with Crippen LogP contribution in [0.1, 0.15) is 11.1 Å². The molecular weight excluding hydrogens is 410 g/mol. The predicted octanol–water partition coefficient (Wildman–Crippen LogP) is 4.45. The molecule has 7 nitrogen and oxygen atoms in total. The molecule has 3 aromatic rings. The number of aromatic nitrogens is 2. The van der Waals surface area contributed by atoms with Gasteiger partial charge in [-0.1, -0.05) is 40.2 Å². The topological polar surface area (TPSA) is 84.2 Å². The zero-order chi connectivity index (χ0) is 18.8. The van der Waals surface area contributed by atoms with E-state index in [4.69, 9.17) is 0 Å². The largest absolute Gasteiger partial charge is 0.353 e. The monoisotopic (exact) mass is 425 g/mol. The molecule has 1 aliphatic rings. The highest BCUT2D eigenvalue weighted by Crippen LogP contribution is 2.35. The molecule has 1 aromatic heterocycles. The van der Waals surface area contributed by atoms with Crippen LogP contribution in [0.3, 0.4) is 0 Å². The molecule has 0 saturated heterocycles. The minimum atomic E-state index is -0.420. The van der Waals surface area contributed by atoms with Crippen LogP contribution in [-0.4, -0.2) is 21.4 Å². The van der Waals surface area contributed by atoms with Gasteiger partial charge >= 0.3 is 5.69 Å². The molecule has 136 valence electrons. The second kappa shape index (κ2) is 7.32. The van der Waals surface area contributed by atoms with Crippen molar-refractivity contribution >= 4 is 38.9 Å². The van der Waals surface area contributed by atoms with Crippen LogP contribution >= 0.6 is 15.9 Å². The van der Waals surface area contributed by atoms with Crippen LogP contribution in [0.15, 0.2) is 59.3 Å². The second-order valence-electron chi connectivity index (χ2n) is 6.22. The maximum atomic E-state index is 11.8. The molecule has 27 heavy (non-hydrogen) atoms. The Morgan fingerprint density at radius 2 is 1.81 bits per heavy atom. The maximum absolute atomic E-state index is 11.8. The van der Waals surface area contributed by atoms with Crippen LogP contribution in [-0.2, 0) is 13.0 Å². The lowest BCUT2D eigenvalue weighted by Crippen LogP contribution is -2.31. The highest BCUT2D eigenvalue weighted by molar-refractivity contribution is 9.10. The summed E-state index contributed by atoms with van der Waals surface area (Å²) in [6, 6.07) is 15.5. The van der Waals surface area contributed by atoms with Gasteiger partial charge in [-0.3, -0.25) is 10.1 Å². The molecule has 2 aromatic carbocycles. The van der Waals surface area contributed by atoms with Gasteiger partial charge in [-0.15, -0.1) is 0 Å². The van der Waals surface area contributed by atoms with Gasteiger partial charge < -0.3 is 10.2 Å². The molecule has 1 N–H and O–H groups in total. The maximum Gasteiger partial charge on any atom is 0.353 e. The number of halogens is 1. The van der Waals surface area contributed by atoms with Gasteiger partial charge in [0, 0.05) is 23.2 Å². The zero-order valence-electron chi connectivity index (χ0n) is 14.3. The van der Waals surface area contributed by atoms with Crippen LogP contribution in [0.2, 0.25) is 0 Å². The van der Waals surface area contributed by atoms with Crippen molar-refractivity contribution in [1.29, 1.82) is 0 Å². The summed E-state index contributed by atoms with van der Waals surface area (Å²) < 4.78 is 0.929. The molecule has 1 aliphatic heterocycles. The van der Waals surface area contributed by atoms with E-state index in [9.17, 15) is 10.1 Å². The number of benzene rings is 2. The van der Waals surface area contributed by atoms with E-state index in [-0.39, 0.29) is 11.5 Å². The van der Waals surface area contributed by atoms with E-state index in [1.807, 2.05) is 41.3 Å². The number of rotatable bonds is 4. The van der Waals surface area contributed by atoms with Crippen LogP contribution in [0, 0.1) is 10.1 Å². The molecule has 0 aliphatic carbocycles. The second-order valence-corrected chi connectivity index (χ2v) is 7.14. The third kappa shape index (κ3) is 3.61. The van der Waals surface area contributed by atoms with Crippen molar-refractivity contribution in [3.8, 4) is 0 Å². The highest BCUT2D eigenvalue weighted by atomic mass is 79.9. The Labute approximate surface area is 164 Å². The quantitative estimate of drug-likeness (QED) is 0.490. The Balaban J connectivity index is 1.69. The van der Waals surface area contributed by atoms with Gasteiger partial charge in [0.2, 0.25) is 11.6 Å². The van der Waals surface area contributed by atoms with E-state index in [0.29, 0.717) is 18.9 Å². The van der Waals surface area contributed by atoms with Gasteiger partial charge in [0.1, 0.15) is 6.33 Å². The van der Waals surface area contributed by atoms with Gasteiger partial charge in [0.15, 0.2) is 0 Å². The fourth-order valence-corrected chi connectivity index (χ4v) is 3.47. The van der Waals surface area contributed by atoms with Gasteiger partial charge in [-0.2, -0.15) is 0 Å². The normalized spacial score (nSPS) is 13.1. The average Bonchev–Trinajstić information content (AvgIpc) is 2.69. The molecule has 0 atom stereocenters. The molecule has 0 amide bonds. The number of anilines is 3. The fraction of sp³-hybridized carbons (Fsp3) is 0.158. The molecule has 0 saturated carbocycles. The van der Waals surface area contributed by atoms with Crippen LogP contribution in [0.5, 0.6) is 0 Å². The lowest BCUT2D eigenvalue weighted by molar-refractivity contribution is -0.383. The number of hydrogen-bond donors (Lipinski definition) is 1. The standard InChI is InChI=1S/C19H16BrN5O2/c20-15-5-7-16(8-6-15)23-18-17(25(26)27)19(22-12-21-18)24-10-9-13-3-1-2-4-14(13)11-24/h1-8,12H,9-11H2,(H,21,22,23). The van der Waals surface area contributed by atoms with Crippen molar-refractivity contribution in [2.45, 2.75) is 13.0 Å². The fourth-order valence-electron chi connectivity index (χ4n) is 3.21. The van der Waals surface area contributed by atoms with Crippen molar-refractivity contribution < 1.29 is 4.92 Å². The van der Waals surface area contributed by atoms with E-state index in [0.717, 1.165) is 16.6 Å². The molecule has 4 rings (SSSR count). The SMILES string of the molecule is O=[N+]([O-])c1c(Nc2ccc(Br)cc2)ncnc1N1CCc2ccccc2C1. The molecule has 0 fully saturated rings. The molecule has 0 spiro atoms. The van der Waals surface area contributed by atoms with Crippen molar-refractivity contribution in [1.82, 2.24) is 9.97 Å². The molecule has 0 unspecified atom stereocenters. The van der Waals surface area contributed by atoms with E-state index in [2.05, 4.69) is 43.3 Å². The lowest BCUT2D eigenvalue weighted by atomic mass is 10.00. The number of fused-ring (bicyclic) bond motifs is 1. The van der Waals surface area contributed by atoms with E-state index in [1.165, 1.54) is 17.5 Å². The first-order valence-corrected chi connectivity index (χ1v) is 9.25. The van der Waals surface area contributed by atoms with E-state index in [1.54, 1.807) is 0 Å². The first-order chi connectivity index (χ1) is 13.1. The summed E-state index contributed by atoms with van der Waals surface area (Å²) in [6.45, 7) is 1.26. The Morgan fingerprint density at radius 1 is 1.07 bits per heavy atom. The third-order valence-electron chi connectivity index (χ3n) is 4.52. The number of nitro groups is 1. The first kappa shape index (κ1) is 17.4. The van der Waals surface area contributed by atoms with Crippen LogP contribution < -0.4 is 10.2 Å². The lowest BCUT2D eigenvalue weighted by Gasteiger charge is -2.29. The van der Waals surface area contributed by atoms with Crippen LogP contribution in [0.25, 0.3) is 0 Å². The average molecular weight is 426 g/mol. The van der Waals surface area contributed by atoms with Crippen molar-refractivity contribution in [3.05, 3.63) is 80.6 Å². The number of nitrogens with one attached hydrogen (secondary N) is 1. The van der Waals surface area contributed by atoms with Gasteiger partial charge in [0.05, 0.1) is 4.92 Å². The van der Waals surface area contributed by atoms with Crippen molar-refractivity contribution in [2.24, 2.45) is 0 Å². The first-order valence-electron chi connectivity index (χ1n) is 8.45. The highest BCUT2D eigenvalue weighted by Gasteiger charge is 2.29. The van der Waals surface area contributed by atoms with E-state index >= 15 is 0 Å². The van der Waals surface area contributed by atoms with E-state index < -0.39 is 4.92 Å². The Morgan fingerprint density at radius 3 is 2.56 bits per heavy atom. The Kier molecular flexibility index (Phi) is 4.72. The third-order valence-corrected chi connectivity index (χ3v) is 5.05. The minimum absolute atomic E-state index is 0.111. The van der Waals surface area contributed by atoms with Crippen LogP contribution in [0.4, 0.5) is 23.0 Å². The summed E-state index contributed by atoms with van der Waals surface area (Å²) >= 11 is 3.38. The predicted molar refractivity (Wildman–Crippen MR) is 107 cm³/mol. The summed E-state index contributed by atoms with van der Waals surface area (Å²) in [5.74, 6) is 0.523. The van der Waals surface area contributed by atoms with Crippen molar-refractivity contribution in [3.63, 3.8) is 0 Å². The molecular formula is C19H16BrN5O2. The smallest absolute Gasteiger partial charge is 0.346 e. The summed E-state index contributed by atoms with van der Waals surface area (Å²) in [5, 5.41) is 14.9. The van der Waals surface area contributed by atoms with Crippen molar-refractivity contribution in [2.75, 3.05) is 16.8 Å². The minimum Gasteiger partial charge on any atom is -0.346 e. The summed E-state index contributed by atoms with van der Waals surface area (Å²) in [7, 11) is 0. The zero-order valence-corrected chi connectivity index (χ0v) is 15.9. The molecule has 2 heterocycles. The van der Waals surface area contributed by atoms with Gasteiger partial charge in [-0.05, 0) is 41.8 Å².